The van der Waals surface area contributed by atoms with Gasteiger partial charge in [0.05, 0.1) is 23.5 Å². The van der Waals surface area contributed by atoms with E-state index in [1.54, 1.807) is 32.2 Å². The molecule has 0 saturated carbocycles. The number of nitrogen functional groups attached to an aromatic ring is 1. The summed E-state index contributed by atoms with van der Waals surface area (Å²) in [4.78, 5) is 12.0. The Morgan fingerprint density at radius 2 is 2.10 bits per heavy atom. The molecule has 1 aromatic rings. The summed E-state index contributed by atoms with van der Waals surface area (Å²) in [6, 6.07) is 5.24. The number of hydrogen-bond acceptors (Lipinski definition) is 5. The van der Waals surface area contributed by atoms with Crippen LogP contribution in [0, 0.1) is 5.41 Å². The molecule has 5 nitrogen and oxygen atoms in total. The van der Waals surface area contributed by atoms with Gasteiger partial charge in [0.2, 0.25) is 0 Å². The van der Waals surface area contributed by atoms with E-state index in [2.05, 4.69) is 19.2 Å². The zero-order valence-electron chi connectivity index (χ0n) is 13.4. The summed E-state index contributed by atoms with van der Waals surface area (Å²) in [5.41, 5.74) is 7.68. The molecule has 0 aliphatic carbocycles. The van der Waals surface area contributed by atoms with Crippen molar-refractivity contribution < 1.29 is 14.3 Å². The van der Waals surface area contributed by atoms with Crippen molar-refractivity contribution in [1.29, 1.82) is 0 Å². The Morgan fingerprint density at radius 3 is 2.71 bits per heavy atom. The Kier molecular flexibility index (Phi) is 6.49. The predicted octanol–water partition coefficient (Wildman–Crippen LogP) is 2.92. The SMILES string of the molecule is CCOC(=O)c1cccc(N)c1NCC(C)(C)CCOC. The topological polar surface area (TPSA) is 73.6 Å². The maximum Gasteiger partial charge on any atom is 0.340 e. The van der Waals surface area contributed by atoms with Crippen LogP contribution in [0.25, 0.3) is 0 Å². The van der Waals surface area contributed by atoms with Crippen molar-refractivity contribution in [3.05, 3.63) is 23.8 Å². The number of carbonyl (C=O) groups excluding carboxylic acids is 1. The largest absolute Gasteiger partial charge is 0.462 e. The minimum atomic E-state index is -0.359. The number of nitrogens with one attached hydrogen (secondary N) is 1. The number of hydrogen-bond donors (Lipinski definition) is 2. The summed E-state index contributed by atoms with van der Waals surface area (Å²) in [6.07, 6.45) is 0.915. The quantitative estimate of drug-likeness (QED) is 0.569. The van der Waals surface area contributed by atoms with Crippen molar-refractivity contribution in [2.75, 3.05) is 37.9 Å². The maximum atomic E-state index is 12.0. The van der Waals surface area contributed by atoms with Gasteiger partial charge in [-0.25, -0.2) is 4.79 Å². The van der Waals surface area contributed by atoms with Gasteiger partial charge in [0.25, 0.3) is 0 Å². The summed E-state index contributed by atoms with van der Waals surface area (Å²) in [7, 11) is 1.69. The molecule has 0 aromatic heterocycles. The minimum Gasteiger partial charge on any atom is -0.462 e. The van der Waals surface area contributed by atoms with Crippen LogP contribution >= 0.6 is 0 Å². The number of ether oxygens (including phenoxy) is 2. The van der Waals surface area contributed by atoms with E-state index in [1.165, 1.54) is 0 Å². The Bertz CT molecular complexity index is 473. The van der Waals surface area contributed by atoms with E-state index in [1.807, 2.05) is 0 Å². The molecular formula is C16H26N2O3. The molecule has 0 spiro atoms. The van der Waals surface area contributed by atoms with Crippen molar-refractivity contribution in [2.45, 2.75) is 27.2 Å². The number of benzene rings is 1. The van der Waals surface area contributed by atoms with Gasteiger partial charge < -0.3 is 20.5 Å². The highest BCUT2D eigenvalue weighted by atomic mass is 16.5. The standard InChI is InChI=1S/C16H26N2O3/c1-5-21-15(19)12-7-6-8-13(17)14(12)18-11-16(2,3)9-10-20-4/h6-8,18H,5,9-11,17H2,1-4H3. The molecule has 3 N–H and O–H groups in total. The maximum absolute atomic E-state index is 12.0. The highest BCUT2D eigenvalue weighted by molar-refractivity contribution is 5.98. The third-order valence-electron chi connectivity index (χ3n) is 3.32. The first-order chi connectivity index (χ1) is 9.91. The molecular weight excluding hydrogens is 268 g/mol. The zero-order valence-corrected chi connectivity index (χ0v) is 13.4. The highest BCUT2D eigenvalue weighted by Gasteiger charge is 2.20. The fourth-order valence-electron chi connectivity index (χ4n) is 1.94. The molecule has 118 valence electrons. The Labute approximate surface area is 126 Å². The van der Waals surface area contributed by atoms with E-state index in [4.69, 9.17) is 15.2 Å². The first-order valence-electron chi connectivity index (χ1n) is 7.19. The number of nitrogens with two attached hydrogens (primary N) is 1. The lowest BCUT2D eigenvalue weighted by molar-refractivity contribution is 0.0527. The molecule has 1 aromatic carbocycles. The van der Waals surface area contributed by atoms with E-state index >= 15 is 0 Å². The third-order valence-corrected chi connectivity index (χ3v) is 3.32. The number of anilines is 2. The van der Waals surface area contributed by atoms with Crippen molar-refractivity contribution in [3.8, 4) is 0 Å². The van der Waals surface area contributed by atoms with Crippen LogP contribution in [0.4, 0.5) is 11.4 Å². The normalized spacial score (nSPS) is 11.2. The Balaban J connectivity index is 2.85. The van der Waals surface area contributed by atoms with Crippen LogP contribution in [0.1, 0.15) is 37.6 Å². The van der Waals surface area contributed by atoms with Gasteiger partial charge in [0.1, 0.15) is 0 Å². The molecule has 0 aliphatic rings. The van der Waals surface area contributed by atoms with Crippen LogP contribution in [0.2, 0.25) is 0 Å². The van der Waals surface area contributed by atoms with E-state index in [0.29, 0.717) is 36.7 Å². The highest BCUT2D eigenvalue weighted by Crippen LogP contribution is 2.27. The number of esters is 1. The molecule has 0 amide bonds. The van der Waals surface area contributed by atoms with Crippen molar-refractivity contribution >= 4 is 17.3 Å². The molecule has 0 unspecified atom stereocenters. The molecule has 0 fully saturated rings. The molecule has 21 heavy (non-hydrogen) atoms. The van der Waals surface area contributed by atoms with Crippen LogP contribution in [0.3, 0.4) is 0 Å². The number of carbonyl (C=O) groups is 1. The van der Waals surface area contributed by atoms with Crippen molar-refractivity contribution in [3.63, 3.8) is 0 Å². The second-order valence-electron chi connectivity index (χ2n) is 5.75. The lowest BCUT2D eigenvalue weighted by Crippen LogP contribution is -2.26. The summed E-state index contributed by atoms with van der Waals surface area (Å²) >= 11 is 0. The Morgan fingerprint density at radius 1 is 1.38 bits per heavy atom. The third kappa shape index (κ3) is 5.27. The molecule has 0 heterocycles. The predicted molar refractivity (Wildman–Crippen MR) is 85.6 cm³/mol. The molecule has 0 atom stereocenters. The molecule has 0 saturated heterocycles. The second-order valence-corrected chi connectivity index (χ2v) is 5.75. The van der Waals surface area contributed by atoms with Gasteiger partial charge in [0, 0.05) is 20.3 Å². The van der Waals surface area contributed by atoms with Crippen LogP contribution in [0.15, 0.2) is 18.2 Å². The van der Waals surface area contributed by atoms with Crippen LogP contribution in [-0.4, -0.2) is 32.8 Å². The fraction of sp³-hybridized carbons (Fsp3) is 0.562. The van der Waals surface area contributed by atoms with Gasteiger partial charge in [0.15, 0.2) is 0 Å². The number of para-hydroxylation sites is 1. The number of methoxy groups -OCH3 is 1. The van der Waals surface area contributed by atoms with E-state index < -0.39 is 0 Å². The van der Waals surface area contributed by atoms with Gasteiger partial charge in [-0.05, 0) is 30.9 Å². The Hall–Kier alpha value is -1.75. The van der Waals surface area contributed by atoms with Gasteiger partial charge in [-0.1, -0.05) is 19.9 Å². The van der Waals surface area contributed by atoms with Crippen molar-refractivity contribution in [1.82, 2.24) is 0 Å². The summed E-state index contributed by atoms with van der Waals surface area (Å²) in [5, 5.41) is 3.29. The summed E-state index contributed by atoms with van der Waals surface area (Å²) in [6.45, 7) is 7.79. The smallest absolute Gasteiger partial charge is 0.340 e. The van der Waals surface area contributed by atoms with Crippen LogP contribution in [0.5, 0.6) is 0 Å². The first-order valence-corrected chi connectivity index (χ1v) is 7.19. The zero-order chi connectivity index (χ0) is 15.9. The lowest BCUT2D eigenvalue weighted by Gasteiger charge is -2.26. The van der Waals surface area contributed by atoms with Gasteiger partial charge in [-0.15, -0.1) is 0 Å². The summed E-state index contributed by atoms with van der Waals surface area (Å²) < 4.78 is 10.2. The first kappa shape index (κ1) is 17.3. The number of rotatable bonds is 8. The van der Waals surface area contributed by atoms with E-state index in [0.717, 1.165) is 6.42 Å². The van der Waals surface area contributed by atoms with E-state index in [-0.39, 0.29) is 11.4 Å². The fourth-order valence-corrected chi connectivity index (χ4v) is 1.94. The molecule has 0 bridgehead atoms. The van der Waals surface area contributed by atoms with Crippen LogP contribution < -0.4 is 11.1 Å². The average molecular weight is 294 g/mol. The lowest BCUT2D eigenvalue weighted by atomic mass is 9.89. The molecule has 5 heteroatoms. The average Bonchev–Trinajstić information content (AvgIpc) is 2.44. The van der Waals surface area contributed by atoms with Gasteiger partial charge >= 0.3 is 5.97 Å². The minimum absolute atomic E-state index is 0.0320. The molecule has 1 rings (SSSR count). The van der Waals surface area contributed by atoms with Gasteiger partial charge in [-0.3, -0.25) is 0 Å². The van der Waals surface area contributed by atoms with E-state index in [9.17, 15) is 4.79 Å². The van der Waals surface area contributed by atoms with Gasteiger partial charge in [-0.2, -0.15) is 0 Å². The van der Waals surface area contributed by atoms with Crippen molar-refractivity contribution in [2.24, 2.45) is 5.41 Å². The second kappa shape index (κ2) is 7.88. The molecule has 0 radical (unpaired) electrons. The van der Waals surface area contributed by atoms with Crippen LogP contribution in [-0.2, 0) is 9.47 Å². The monoisotopic (exact) mass is 294 g/mol. The summed E-state index contributed by atoms with van der Waals surface area (Å²) in [5.74, 6) is -0.359. The molecule has 0 aliphatic heterocycles.